The lowest BCUT2D eigenvalue weighted by molar-refractivity contribution is -0.104. The number of pyridine rings is 1. The molecule has 0 aliphatic heterocycles. The summed E-state index contributed by atoms with van der Waals surface area (Å²) in [5.74, 6) is 0. The van der Waals surface area contributed by atoms with Crippen LogP contribution in [0.25, 0.3) is 6.08 Å². The van der Waals surface area contributed by atoms with E-state index in [0.717, 1.165) is 10.0 Å². The van der Waals surface area contributed by atoms with Gasteiger partial charge in [0.05, 0.1) is 0 Å². The summed E-state index contributed by atoms with van der Waals surface area (Å²) in [4.78, 5) is 13.9. The van der Waals surface area contributed by atoms with Crippen LogP contribution in [-0.2, 0) is 4.79 Å². The van der Waals surface area contributed by atoms with E-state index in [2.05, 4.69) is 20.9 Å². The Kier molecular flexibility index (Phi) is 3.44. The van der Waals surface area contributed by atoms with Crippen molar-refractivity contribution in [2.24, 2.45) is 0 Å². The highest BCUT2D eigenvalue weighted by molar-refractivity contribution is 9.10. The second-order valence-corrected chi connectivity index (χ2v) is 3.27. The van der Waals surface area contributed by atoms with Crippen molar-refractivity contribution in [2.75, 3.05) is 0 Å². The van der Waals surface area contributed by atoms with Crippen LogP contribution in [-0.4, -0.2) is 11.3 Å². The van der Waals surface area contributed by atoms with Gasteiger partial charge in [0.2, 0.25) is 0 Å². The molecule has 2 nitrogen and oxygen atoms in total. The largest absolute Gasteiger partial charge is 0.299 e. The predicted octanol–water partition coefficient (Wildman–Crippen LogP) is 2.71. The second kappa shape index (κ2) is 4.38. The molecule has 0 aliphatic carbocycles. The predicted molar refractivity (Wildman–Crippen MR) is 52.0 cm³/mol. The second-order valence-electron chi connectivity index (χ2n) is 2.02. The van der Waals surface area contributed by atoms with E-state index in [4.69, 9.17) is 11.6 Å². The van der Waals surface area contributed by atoms with Gasteiger partial charge in [0.1, 0.15) is 11.4 Å². The van der Waals surface area contributed by atoms with Gasteiger partial charge in [-0.2, -0.15) is 0 Å². The highest BCUT2D eigenvalue weighted by atomic mass is 79.9. The van der Waals surface area contributed by atoms with Crippen LogP contribution in [0, 0.1) is 0 Å². The standard InChI is InChI=1S/C8H5BrClNO/c9-7-5-11-8(10)4-6(7)2-1-3-12/h1-5H. The third kappa shape index (κ3) is 2.43. The van der Waals surface area contributed by atoms with Crippen LogP contribution < -0.4 is 0 Å². The number of carbonyl (C=O) groups is 1. The number of rotatable bonds is 2. The van der Waals surface area contributed by atoms with E-state index in [9.17, 15) is 4.79 Å². The van der Waals surface area contributed by atoms with E-state index in [0.29, 0.717) is 11.4 Å². The number of hydrogen-bond donors (Lipinski definition) is 0. The molecule has 0 saturated carbocycles. The molecule has 0 aliphatic rings. The van der Waals surface area contributed by atoms with Gasteiger partial charge < -0.3 is 0 Å². The third-order valence-corrected chi connectivity index (χ3v) is 2.08. The minimum Gasteiger partial charge on any atom is -0.299 e. The average Bonchev–Trinajstić information content (AvgIpc) is 2.07. The van der Waals surface area contributed by atoms with E-state index >= 15 is 0 Å². The van der Waals surface area contributed by atoms with Gasteiger partial charge in [-0.15, -0.1) is 0 Å². The lowest BCUT2D eigenvalue weighted by atomic mass is 10.2. The monoisotopic (exact) mass is 245 g/mol. The van der Waals surface area contributed by atoms with Crippen molar-refractivity contribution in [3.8, 4) is 0 Å². The molecule has 1 heterocycles. The smallest absolute Gasteiger partial charge is 0.142 e. The molecule has 62 valence electrons. The zero-order valence-corrected chi connectivity index (χ0v) is 8.34. The Morgan fingerprint density at radius 2 is 2.33 bits per heavy atom. The first-order valence-electron chi connectivity index (χ1n) is 3.17. The van der Waals surface area contributed by atoms with Gasteiger partial charge >= 0.3 is 0 Å². The summed E-state index contributed by atoms with van der Waals surface area (Å²) in [5, 5.41) is 0.406. The van der Waals surface area contributed by atoms with Gasteiger partial charge in [0.25, 0.3) is 0 Å². The molecule has 0 N–H and O–H groups in total. The van der Waals surface area contributed by atoms with Crippen molar-refractivity contribution in [3.05, 3.63) is 33.5 Å². The zero-order valence-electron chi connectivity index (χ0n) is 6.00. The molecule has 0 unspecified atom stereocenters. The van der Waals surface area contributed by atoms with Gasteiger partial charge in [0.15, 0.2) is 0 Å². The summed E-state index contributed by atoms with van der Waals surface area (Å²) in [7, 11) is 0. The molecule has 0 spiro atoms. The summed E-state index contributed by atoms with van der Waals surface area (Å²) in [6, 6.07) is 1.67. The van der Waals surface area contributed by atoms with Gasteiger partial charge in [0, 0.05) is 10.7 Å². The van der Waals surface area contributed by atoms with E-state index in [1.165, 1.54) is 6.08 Å². The van der Waals surface area contributed by atoms with Crippen LogP contribution in [0.15, 0.2) is 22.8 Å². The summed E-state index contributed by atoms with van der Waals surface area (Å²) < 4.78 is 0.810. The van der Waals surface area contributed by atoms with Crippen molar-refractivity contribution in [1.29, 1.82) is 0 Å². The molecule has 0 radical (unpaired) electrons. The maximum Gasteiger partial charge on any atom is 0.142 e. The van der Waals surface area contributed by atoms with Crippen molar-refractivity contribution < 1.29 is 4.79 Å². The van der Waals surface area contributed by atoms with E-state index < -0.39 is 0 Å². The fourth-order valence-electron chi connectivity index (χ4n) is 0.698. The summed E-state index contributed by atoms with van der Waals surface area (Å²) in [5.41, 5.74) is 0.835. The molecule has 0 bridgehead atoms. The topological polar surface area (TPSA) is 30.0 Å². The van der Waals surface area contributed by atoms with Crippen LogP contribution in [0.1, 0.15) is 5.56 Å². The fourth-order valence-corrected chi connectivity index (χ4v) is 1.21. The summed E-state index contributed by atoms with van der Waals surface area (Å²) >= 11 is 8.91. The van der Waals surface area contributed by atoms with Crippen molar-refractivity contribution >= 4 is 39.9 Å². The molecule has 12 heavy (non-hydrogen) atoms. The normalized spacial score (nSPS) is 10.5. The summed E-state index contributed by atoms with van der Waals surface area (Å²) in [6.45, 7) is 0. The van der Waals surface area contributed by atoms with Gasteiger partial charge in [-0.3, -0.25) is 4.79 Å². The minimum atomic E-state index is 0.406. The first-order chi connectivity index (χ1) is 5.74. The van der Waals surface area contributed by atoms with Crippen LogP contribution in [0.4, 0.5) is 0 Å². The lowest BCUT2D eigenvalue weighted by Gasteiger charge is -1.96. The molecule has 0 atom stereocenters. The first kappa shape index (κ1) is 9.42. The Hall–Kier alpha value is -0.670. The molecule has 0 aromatic carbocycles. The van der Waals surface area contributed by atoms with Gasteiger partial charge in [-0.1, -0.05) is 17.7 Å². The minimum absolute atomic E-state index is 0.406. The molecular formula is C8H5BrClNO. The van der Waals surface area contributed by atoms with Crippen LogP contribution in [0.5, 0.6) is 0 Å². The number of hydrogen-bond acceptors (Lipinski definition) is 2. The Morgan fingerprint density at radius 1 is 1.58 bits per heavy atom. The Balaban J connectivity index is 3.04. The number of halogens is 2. The fraction of sp³-hybridized carbons (Fsp3) is 0. The number of nitrogens with zero attached hydrogens (tertiary/aromatic N) is 1. The zero-order chi connectivity index (χ0) is 8.97. The van der Waals surface area contributed by atoms with E-state index in [1.807, 2.05) is 0 Å². The maximum absolute atomic E-state index is 10.0. The Morgan fingerprint density at radius 3 is 3.00 bits per heavy atom. The van der Waals surface area contributed by atoms with Gasteiger partial charge in [-0.05, 0) is 33.6 Å². The summed E-state index contributed by atoms with van der Waals surface area (Å²) in [6.07, 6.45) is 5.36. The highest BCUT2D eigenvalue weighted by Gasteiger charge is 1.96. The van der Waals surface area contributed by atoms with E-state index in [-0.39, 0.29) is 0 Å². The highest BCUT2D eigenvalue weighted by Crippen LogP contribution is 2.19. The quantitative estimate of drug-likeness (QED) is 0.456. The molecule has 1 aromatic heterocycles. The van der Waals surface area contributed by atoms with Crippen molar-refractivity contribution in [1.82, 2.24) is 4.98 Å². The molecule has 1 rings (SSSR count). The van der Waals surface area contributed by atoms with Crippen LogP contribution >= 0.6 is 27.5 Å². The number of aromatic nitrogens is 1. The molecule has 0 amide bonds. The Bertz CT molecular complexity index is 325. The number of allylic oxidation sites excluding steroid dienone is 1. The number of aldehydes is 1. The van der Waals surface area contributed by atoms with Gasteiger partial charge in [-0.25, -0.2) is 4.98 Å². The third-order valence-electron chi connectivity index (χ3n) is 1.21. The molecule has 0 fully saturated rings. The van der Waals surface area contributed by atoms with Crippen molar-refractivity contribution in [3.63, 3.8) is 0 Å². The van der Waals surface area contributed by atoms with Crippen LogP contribution in [0.3, 0.4) is 0 Å². The average molecular weight is 246 g/mol. The molecular weight excluding hydrogens is 241 g/mol. The number of carbonyl (C=O) groups excluding carboxylic acids is 1. The first-order valence-corrected chi connectivity index (χ1v) is 4.34. The Labute approximate surface area is 83.4 Å². The SMILES string of the molecule is O=CC=Cc1cc(Cl)ncc1Br. The molecule has 1 aromatic rings. The lowest BCUT2D eigenvalue weighted by Crippen LogP contribution is -1.79. The maximum atomic E-state index is 10.0. The molecule has 4 heteroatoms. The van der Waals surface area contributed by atoms with E-state index in [1.54, 1.807) is 18.3 Å². The molecule has 0 saturated heterocycles. The van der Waals surface area contributed by atoms with Crippen molar-refractivity contribution in [2.45, 2.75) is 0 Å². The van der Waals surface area contributed by atoms with Crippen LogP contribution in [0.2, 0.25) is 5.15 Å².